The van der Waals surface area contributed by atoms with E-state index in [4.69, 9.17) is 4.74 Å². The van der Waals surface area contributed by atoms with Gasteiger partial charge in [0.05, 0.1) is 6.42 Å². The monoisotopic (exact) mass is 246 g/mol. The fraction of sp³-hybridized carbons (Fsp3) is 0.929. The van der Waals surface area contributed by atoms with Crippen molar-refractivity contribution in [2.24, 2.45) is 5.92 Å². The van der Waals surface area contributed by atoms with Crippen LogP contribution in [0.15, 0.2) is 0 Å². The second-order valence-electron chi connectivity index (χ2n) is 5.87. The zero-order valence-corrected chi connectivity index (χ0v) is 11.9. The van der Waals surface area contributed by atoms with E-state index in [1.165, 1.54) is 0 Å². The van der Waals surface area contributed by atoms with Crippen molar-refractivity contribution in [2.45, 2.75) is 78.5 Å². The topological polar surface area (TPSA) is 26.3 Å². The summed E-state index contributed by atoms with van der Waals surface area (Å²) in [5.41, 5.74) is -0.523. The number of hydrogen-bond donors (Lipinski definition) is 0. The molecular formula is C14H27FO2. The Labute approximate surface area is 105 Å². The molecule has 0 heterocycles. The fourth-order valence-electron chi connectivity index (χ4n) is 1.75. The molecule has 0 amide bonds. The van der Waals surface area contributed by atoms with Gasteiger partial charge in [-0.15, -0.1) is 0 Å². The number of alkyl halides is 1. The Hall–Kier alpha value is -0.600. The van der Waals surface area contributed by atoms with Crippen molar-refractivity contribution < 1.29 is 13.9 Å². The van der Waals surface area contributed by atoms with Gasteiger partial charge in [-0.05, 0) is 33.1 Å². The molecule has 102 valence electrons. The highest BCUT2D eigenvalue weighted by atomic mass is 19.1. The molecule has 0 aliphatic rings. The molecule has 2 nitrogen and oxygen atoms in total. The van der Waals surface area contributed by atoms with Crippen LogP contribution in [0.25, 0.3) is 0 Å². The first kappa shape index (κ1) is 16.4. The summed E-state index contributed by atoms with van der Waals surface area (Å²) in [6.07, 6.45) is 2.56. The lowest BCUT2D eigenvalue weighted by molar-refractivity contribution is -0.156. The van der Waals surface area contributed by atoms with E-state index in [0.717, 1.165) is 19.3 Å². The Morgan fingerprint density at radius 3 is 2.41 bits per heavy atom. The Balaban J connectivity index is 3.85. The lowest BCUT2D eigenvalue weighted by Crippen LogP contribution is -2.26. The summed E-state index contributed by atoms with van der Waals surface area (Å²) < 4.78 is 18.7. The summed E-state index contributed by atoms with van der Waals surface area (Å²) in [4.78, 5) is 11.4. The van der Waals surface area contributed by atoms with Gasteiger partial charge in [0.1, 0.15) is 11.8 Å². The van der Waals surface area contributed by atoms with Crippen LogP contribution in [0.4, 0.5) is 4.39 Å². The van der Waals surface area contributed by atoms with E-state index in [9.17, 15) is 9.18 Å². The minimum Gasteiger partial charge on any atom is -0.460 e. The number of esters is 1. The smallest absolute Gasteiger partial charge is 0.309 e. The average molecular weight is 246 g/mol. The van der Waals surface area contributed by atoms with Gasteiger partial charge in [0.25, 0.3) is 0 Å². The molecule has 17 heavy (non-hydrogen) atoms. The highest BCUT2D eigenvalue weighted by Crippen LogP contribution is 2.19. The molecule has 0 radical (unpaired) electrons. The van der Waals surface area contributed by atoms with Crippen molar-refractivity contribution in [1.82, 2.24) is 0 Å². The summed E-state index contributed by atoms with van der Waals surface area (Å²) in [6.45, 7) is 9.55. The van der Waals surface area contributed by atoms with E-state index < -0.39 is 17.7 Å². The minimum absolute atomic E-state index is 0.117. The van der Waals surface area contributed by atoms with Crippen molar-refractivity contribution >= 4 is 5.97 Å². The first-order chi connectivity index (χ1) is 7.74. The van der Waals surface area contributed by atoms with Crippen LogP contribution in [0.2, 0.25) is 0 Å². The molecule has 2 atom stereocenters. The van der Waals surface area contributed by atoms with E-state index in [1.54, 1.807) is 20.8 Å². The molecule has 0 aromatic carbocycles. The first-order valence-electron chi connectivity index (χ1n) is 6.60. The molecular weight excluding hydrogens is 219 g/mol. The van der Waals surface area contributed by atoms with Crippen LogP contribution in [-0.2, 0) is 9.53 Å². The van der Waals surface area contributed by atoms with Crippen LogP contribution in [-0.4, -0.2) is 17.7 Å². The molecule has 0 saturated carbocycles. The van der Waals surface area contributed by atoms with E-state index in [1.807, 2.05) is 6.92 Å². The van der Waals surface area contributed by atoms with Crippen LogP contribution in [0.1, 0.15) is 66.7 Å². The predicted octanol–water partition coefficient (Wildman–Crippen LogP) is 4.27. The Kier molecular flexibility index (Phi) is 7.40. The van der Waals surface area contributed by atoms with Gasteiger partial charge in [-0.1, -0.05) is 33.1 Å². The van der Waals surface area contributed by atoms with Gasteiger partial charge >= 0.3 is 5.97 Å². The molecule has 0 aromatic rings. The van der Waals surface area contributed by atoms with Crippen molar-refractivity contribution in [3.05, 3.63) is 0 Å². The third-order valence-electron chi connectivity index (χ3n) is 2.52. The maximum absolute atomic E-state index is 13.6. The molecule has 0 saturated heterocycles. The Morgan fingerprint density at radius 2 is 1.94 bits per heavy atom. The zero-order valence-electron chi connectivity index (χ0n) is 11.9. The molecule has 0 rings (SSSR count). The van der Waals surface area contributed by atoms with Gasteiger partial charge in [0.15, 0.2) is 0 Å². The first-order valence-corrected chi connectivity index (χ1v) is 6.60. The minimum atomic E-state index is -1.07. The highest BCUT2D eigenvalue weighted by molar-refractivity contribution is 5.70. The van der Waals surface area contributed by atoms with Crippen LogP contribution >= 0.6 is 0 Å². The van der Waals surface area contributed by atoms with Crippen molar-refractivity contribution in [2.75, 3.05) is 0 Å². The molecule has 0 aliphatic carbocycles. The number of rotatable bonds is 7. The van der Waals surface area contributed by atoms with Gasteiger partial charge in [-0.3, -0.25) is 4.79 Å². The van der Waals surface area contributed by atoms with Crippen molar-refractivity contribution in [3.63, 3.8) is 0 Å². The number of carbonyl (C=O) groups is 1. The number of ether oxygens (including phenoxy) is 1. The molecule has 0 fully saturated rings. The average Bonchev–Trinajstić information content (AvgIpc) is 2.10. The molecule has 0 bridgehead atoms. The zero-order chi connectivity index (χ0) is 13.5. The third-order valence-corrected chi connectivity index (χ3v) is 2.52. The van der Waals surface area contributed by atoms with Gasteiger partial charge in [0.2, 0.25) is 0 Å². The Morgan fingerprint density at radius 1 is 1.35 bits per heavy atom. The molecule has 0 aliphatic heterocycles. The van der Waals surface area contributed by atoms with Crippen molar-refractivity contribution in [3.8, 4) is 0 Å². The number of hydrogen-bond acceptors (Lipinski definition) is 2. The second-order valence-corrected chi connectivity index (χ2v) is 5.87. The normalized spacial score (nSPS) is 15.4. The summed E-state index contributed by atoms with van der Waals surface area (Å²) in [6, 6.07) is 0. The standard InChI is InChI=1S/C14H27FO2/c1-6-7-8-11(2)9-12(15)10-13(16)17-14(3,4)5/h11-12H,6-10H2,1-5H3/t11-,12-/m1/s1. The van der Waals surface area contributed by atoms with Gasteiger partial charge in [-0.25, -0.2) is 4.39 Å². The maximum atomic E-state index is 13.6. The lowest BCUT2D eigenvalue weighted by Gasteiger charge is -2.21. The van der Waals surface area contributed by atoms with E-state index >= 15 is 0 Å². The van der Waals surface area contributed by atoms with Crippen LogP contribution in [0, 0.1) is 5.92 Å². The summed E-state index contributed by atoms with van der Waals surface area (Å²) in [5, 5.41) is 0. The van der Waals surface area contributed by atoms with E-state index in [2.05, 4.69) is 6.92 Å². The van der Waals surface area contributed by atoms with Crippen LogP contribution in [0.5, 0.6) is 0 Å². The summed E-state index contributed by atoms with van der Waals surface area (Å²) in [7, 11) is 0. The van der Waals surface area contributed by atoms with Gasteiger partial charge in [0, 0.05) is 0 Å². The van der Waals surface area contributed by atoms with Gasteiger partial charge < -0.3 is 4.74 Å². The van der Waals surface area contributed by atoms with E-state index in [0.29, 0.717) is 12.3 Å². The quantitative estimate of drug-likeness (QED) is 0.627. The summed E-state index contributed by atoms with van der Waals surface area (Å²) >= 11 is 0. The highest BCUT2D eigenvalue weighted by Gasteiger charge is 2.21. The molecule has 3 heteroatoms. The summed E-state index contributed by atoms with van der Waals surface area (Å²) in [5.74, 6) is -0.0971. The molecule has 0 N–H and O–H groups in total. The molecule has 0 unspecified atom stereocenters. The molecule has 0 aromatic heterocycles. The largest absolute Gasteiger partial charge is 0.460 e. The molecule has 0 spiro atoms. The number of halogens is 1. The number of carbonyl (C=O) groups excluding carboxylic acids is 1. The predicted molar refractivity (Wildman–Crippen MR) is 68.7 cm³/mol. The third kappa shape index (κ3) is 10.3. The lowest BCUT2D eigenvalue weighted by atomic mass is 9.97. The second kappa shape index (κ2) is 7.67. The maximum Gasteiger partial charge on any atom is 0.309 e. The van der Waals surface area contributed by atoms with Crippen LogP contribution < -0.4 is 0 Å². The van der Waals surface area contributed by atoms with Crippen LogP contribution in [0.3, 0.4) is 0 Å². The fourth-order valence-corrected chi connectivity index (χ4v) is 1.75. The Bertz CT molecular complexity index is 221. The van der Waals surface area contributed by atoms with Crippen molar-refractivity contribution in [1.29, 1.82) is 0 Å². The SMILES string of the molecule is CCCC[C@@H](C)C[C@@H](F)CC(=O)OC(C)(C)C. The van der Waals surface area contributed by atoms with Gasteiger partial charge in [-0.2, -0.15) is 0 Å². The number of unbranched alkanes of at least 4 members (excludes halogenated alkanes) is 1. The van der Waals surface area contributed by atoms with E-state index in [-0.39, 0.29) is 6.42 Å².